The fraction of sp³-hybridized carbons (Fsp3) is 0.125. The van der Waals surface area contributed by atoms with Crippen LogP contribution < -0.4 is 14.8 Å². The van der Waals surface area contributed by atoms with Gasteiger partial charge in [-0.3, -0.25) is 19.5 Å². The molecule has 156 valence electrons. The molecule has 2 heterocycles. The standard InChI is InChI=1S/C24H21N3O4/c1-30-18-8-9-19(20(14-18)31-2)26-22-21(17-6-4-3-5-7-17)23(28)27(24(22)29)15-16-10-12-25-13-11-16/h3-14,26H,15H2,1-2H3. The smallest absolute Gasteiger partial charge is 0.278 e. The van der Waals surface area contributed by atoms with Crippen LogP contribution in [0.25, 0.3) is 5.57 Å². The number of ether oxygens (including phenoxy) is 2. The van der Waals surface area contributed by atoms with Crippen LogP contribution in [0.2, 0.25) is 0 Å². The van der Waals surface area contributed by atoms with E-state index in [1.165, 1.54) is 12.0 Å². The van der Waals surface area contributed by atoms with Crippen LogP contribution in [-0.2, 0) is 16.1 Å². The van der Waals surface area contributed by atoms with Crippen LogP contribution in [0, 0.1) is 0 Å². The highest BCUT2D eigenvalue weighted by molar-refractivity contribution is 6.36. The summed E-state index contributed by atoms with van der Waals surface area (Å²) >= 11 is 0. The van der Waals surface area contributed by atoms with Gasteiger partial charge in [0.05, 0.1) is 32.0 Å². The van der Waals surface area contributed by atoms with Crippen LogP contribution in [0.1, 0.15) is 11.1 Å². The van der Waals surface area contributed by atoms with Gasteiger partial charge in [0.15, 0.2) is 0 Å². The minimum Gasteiger partial charge on any atom is -0.497 e. The average molecular weight is 415 g/mol. The lowest BCUT2D eigenvalue weighted by Gasteiger charge is -2.16. The maximum atomic E-state index is 13.3. The Morgan fingerprint density at radius 1 is 0.903 bits per heavy atom. The molecular formula is C24H21N3O4. The van der Waals surface area contributed by atoms with E-state index in [0.29, 0.717) is 28.3 Å². The summed E-state index contributed by atoms with van der Waals surface area (Å²) in [5.74, 6) is 0.349. The molecule has 0 fully saturated rings. The van der Waals surface area contributed by atoms with Crippen molar-refractivity contribution >= 4 is 23.1 Å². The fourth-order valence-electron chi connectivity index (χ4n) is 3.42. The molecule has 7 nitrogen and oxygen atoms in total. The predicted octanol–water partition coefficient (Wildman–Crippen LogP) is 3.49. The molecule has 0 atom stereocenters. The Labute approximate surface area is 179 Å². The van der Waals surface area contributed by atoms with Gasteiger partial charge in [-0.05, 0) is 35.4 Å². The topological polar surface area (TPSA) is 80.8 Å². The molecule has 7 heteroatoms. The van der Waals surface area contributed by atoms with Crippen molar-refractivity contribution in [1.82, 2.24) is 9.88 Å². The van der Waals surface area contributed by atoms with Crippen LogP contribution in [0.4, 0.5) is 5.69 Å². The number of anilines is 1. The van der Waals surface area contributed by atoms with Crippen molar-refractivity contribution in [3.05, 3.63) is 89.9 Å². The lowest BCUT2D eigenvalue weighted by Crippen LogP contribution is -2.32. The Morgan fingerprint density at radius 2 is 1.65 bits per heavy atom. The molecule has 0 saturated heterocycles. The second kappa shape index (κ2) is 8.71. The van der Waals surface area contributed by atoms with Crippen LogP contribution >= 0.6 is 0 Å². The summed E-state index contributed by atoms with van der Waals surface area (Å²) in [4.78, 5) is 31.9. The fourth-order valence-corrected chi connectivity index (χ4v) is 3.42. The van der Waals surface area contributed by atoms with Gasteiger partial charge >= 0.3 is 0 Å². The van der Waals surface area contributed by atoms with E-state index in [9.17, 15) is 9.59 Å². The van der Waals surface area contributed by atoms with E-state index < -0.39 is 5.91 Å². The largest absolute Gasteiger partial charge is 0.497 e. The molecule has 2 amide bonds. The summed E-state index contributed by atoms with van der Waals surface area (Å²) in [5, 5.41) is 3.13. The predicted molar refractivity (Wildman–Crippen MR) is 116 cm³/mol. The van der Waals surface area contributed by atoms with Crippen molar-refractivity contribution in [2.24, 2.45) is 0 Å². The third-order valence-corrected chi connectivity index (χ3v) is 4.99. The van der Waals surface area contributed by atoms with Gasteiger partial charge in [-0.15, -0.1) is 0 Å². The Bertz CT molecular complexity index is 1140. The van der Waals surface area contributed by atoms with Gasteiger partial charge in [0.1, 0.15) is 17.2 Å². The van der Waals surface area contributed by atoms with Crippen LogP contribution in [0.5, 0.6) is 11.5 Å². The van der Waals surface area contributed by atoms with E-state index in [2.05, 4.69) is 10.3 Å². The summed E-state index contributed by atoms with van der Waals surface area (Å²) in [6.07, 6.45) is 3.26. The number of hydrogen-bond donors (Lipinski definition) is 1. The molecule has 1 aliphatic heterocycles. The second-order valence-corrected chi connectivity index (χ2v) is 6.86. The van der Waals surface area contributed by atoms with E-state index >= 15 is 0 Å². The van der Waals surface area contributed by atoms with Crippen LogP contribution in [-0.4, -0.2) is 35.9 Å². The number of amides is 2. The summed E-state index contributed by atoms with van der Waals surface area (Å²) in [6, 6.07) is 17.9. The molecule has 4 rings (SSSR count). The lowest BCUT2D eigenvalue weighted by molar-refractivity contribution is -0.137. The molecule has 3 aromatic rings. The number of nitrogens with zero attached hydrogens (tertiary/aromatic N) is 2. The number of carbonyl (C=O) groups is 2. The number of nitrogens with one attached hydrogen (secondary N) is 1. The first-order valence-electron chi connectivity index (χ1n) is 9.66. The van der Waals surface area contributed by atoms with Crippen molar-refractivity contribution in [3.63, 3.8) is 0 Å². The van der Waals surface area contributed by atoms with Crippen molar-refractivity contribution in [3.8, 4) is 11.5 Å². The third-order valence-electron chi connectivity index (χ3n) is 4.99. The zero-order valence-electron chi connectivity index (χ0n) is 17.2. The molecule has 0 aliphatic carbocycles. The maximum Gasteiger partial charge on any atom is 0.278 e. The molecule has 1 N–H and O–H groups in total. The van der Waals surface area contributed by atoms with E-state index in [1.54, 1.807) is 49.8 Å². The molecule has 0 saturated carbocycles. The van der Waals surface area contributed by atoms with E-state index in [-0.39, 0.29) is 18.1 Å². The van der Waals surface area contributed by atoms with Gasteiger partial charge in [-0.2, -0.15) is 0 Å². The van der Waals surface area contributed by atoms with Crippen LogP contribution in [0.3, 0.4) is 0 Å². The first kappa shape index (κ1) is 20.2. The molecule has 31 heavy (non-hydrogen) atoms. The first-order valence-corrected chi connectivity index (χ1v) is 9.66. The number of rotatable bonds is 7. The number of benzene rings is 2. The molecular weight excluding hydrogens is 394 g/mol. The number of aromatic nitrogens is 1. The third kappa shape index (κ3) is 3.98. The molecule has 0 bridgehead atoms. The molecule has 2 aromatic carbocycles. The Morgan fingerprint density at radius 3 is 2.32 bits per heavy atom. The van der Waals surface area contributed by atoms with Crippen molar-refractivity contribution in [2.75, 3.05) is 19.5 Å². The van der Waals surface area contributed by atoms with Crippen molar-refractivity contribution < 1.29 is 19.1 Å². The highest BCUT2D eigenvalue weighted by atomic mass is 16.5. The van der Waals surface area contributed by atoms with Gasteiger partial charge in [0.2, 0.25) is 0 Å². The number of methoxy groups -OCH3 is 2. The normalized spacial score (nSPS) is 13.5. The maximum absolute atomic E-state index is 13.3. The Hall–Kier alpha value is -4.13. The highest BCUT2D eigenvalue weighted by Crippen LogP contribution is 2.35. The van der Waals surface area contributed by atoms with Gasteiger partial charge in [-0.1, -0.05) is 30.3 Å². The van der Waals surface area contributed by atoms with Gasteiger partial charge in [-0.25, -0.2) is 0 Å². The minimum absolute atomic E-state index is 0.154. The van der Waals surface area contributed by atoms with Crippen molar-refractivity contribution in [2.45, 2.75) is 6.54 Å². The average Bonchev–Trinajstić information content (AvgIpc) is 3.04. The van der Waals surface area contributed by atoms with Gasteiger partial charge in [0.25, 0.3) is 11.8 Å². The molecule has 0 unspecified atom stereocenters. The Kier molecular flexibility index (Phi) is 5.66. The molecule has 1 aliphatic rings. The quantitative estimate of drug-likeness (QED) is 0.595. The lowest BCUT2D eigenvalue weighted by atomic mass is 10.0. The van der Waals surface area contributed by atoms with Gasteiger partial charge < -0.3 is 14.8 Å². The van der Waals surface area contributed by atoms with Crippen LogP contribution in [0.15, 0.2) is 78.8 Å². The monoisotopic (exact) mass is 415 g/mol. The van der Waals surface area contributed by atoms with E-state index in [4.69, 9.17) is 9.47 Å². The Balaban J connectivity index is 1.75. The molecule has 0 radical (unpaired) electrons. The summed E-state index contributed by atoms with van der Waals surface area (Å²) in [5.41, 5.74) is 2.55. The summed E-state index contributed by atoms with van der Waals surface area (Å²) in [6.45, 7) is 0.154. The van der Waals surface area contributed by atoms with Gasteiger partial charge in [0, 0.05) is 18.5 Å². The highest BCUT2D eigenvalue weighted by Gasteiger charge is 2.39. The number of imide groups is 1. The SMILES string of the molecule is COc1ccc(NC2=C(c3ccccc3)C(=O)N(Cc3ccncc3)C2=O)c(OC)c1. The molecule has 0 spiro atoms. The number of carbonyl (C=O) groups excluding carboxylic acids is 2. The first-order chi connectivity index (χ1) is 15.1. The van der Waals surface area contributed by atoms with Crippen molar-refractivity contribution in [1.29, 1.82) is 0 Å². The number of hydrogen-bond acceptors (Lipinski definition) is 6. The summed E-state index contributed by atoms with van der Waals surface area (Å²) < 4.78 is 10.7. The minimum atomic E-state index is -0.404. The van der Waals surface area contributed by atoms with E-state index in [1.807, 2.05) is 30.3 Å². The van der Waals surface area contributed by atoms with E-state index in [0.717, 1.165) is 5.56 Å². The second-order valence-electron chi connectivity index (χ2n) is 6.86. The molecule has 1 aromatic heterocycles. The zero-order valence-corrected chi connectivity index (χ0v) is 17.2. The zero-order chi connectivity index (χ0) is 21.8. The summed E-state index contributed by atoms with van der Waals surface area (Å²) in [7, 11) is 3.10. The number of pyridine rings is 1.